The fourth-order valence-electron chi connectivity index (χ4n) is 2.34. The van der Waals surface area contributed by atoms with Gasteiger partial charge in [0, 0.05) is 25.5 Å². The van der Waals surface area contributed by atoms with Gasteiger partial charge in [0.25, 0.3) is 0 Å². The van der Waals surface area contributed by atoms with Crippen LogP contribution in [-0.4, -0.2) is 9.78 Å². The molecule has 1 N–H and O–H groups in total. The van der Waals surface area contributed by atoms with E-state index in [0.29, 0.717) is 0 Å². The van der Waals surface area contributed by atoms with Gasteiger partial charge in [0.15, 0.2) is 0 Å². The minimum atomic E-state index is 0.823. The molecule has 3 heteroatoms. The minimum Gasteiger partial charge on any atom is -0.309 e. The van der Waals surface area contributed by atoms with Gasteiger partial charge in [0.1, 0.15) is 0 Å². The Balaban J connectivity index is 1.67. The fourth-order valence-corrected chi connectivity index (χ4v) is 2.34. The molecule has 0 saturated carbocycles. The number of para-hydroxylation sites is 1. The lowest BCUT2D eigenvalue weighted by Crippen LogP contribution is -2.14. The van der Waals surface area contributed by atoms with Gasteiger partial charge in [-0.15, -0.1) is 0 Å². The molecule has 0 aliphatic heterocycles. The molecule has 0 amide bonds. The van der Waals surface area contributed by atoms with Gasteiger partial charge in [-0.05, 0) is 30.2 Å². The SMILES string of the molecule is Cc1ccc(CNCc2ccccc2-n2cccn2)cc1. The molecule has 0 atom stereocenters. The topological polar surface area (TPSA) is 29.9 Å². The monoisotopic (exact) mass is 277 g/mol. The highest BCUT2D eigenvalue weighted by atomic mass is 15.3. The average Bonchev–Trinajstić information content (AvgIpc) is 3.04. The van der Waals surface area contributed by atoms with Crippen molar-refractivity contribution in [1.82, 2.24) is 15.1 Å². The van der Waals surface area contributed by atoms with Crippen molar-refractivity contribution in [2.45, 2.75) is 20.0 Å². The van der Waals surface area contributed by atoms with Crippen molar-refractivity contribution in [1.29, 1.82) is 0 Å². The Hall–Kier alpha value is -2.39. The van der Waals surface area contributed by atoms with Gasteiger partial charge < -0.3 is 5.32 Å². The van der Waals surface area contributed by atoms with E-state index in [2.05, 4.69) is 59.8 Å². The van der Waals surface area contributed by atoms with E-state index >= 15 is 0 Å². The molecular weight excluding hydrogens is 258 g/mol. The molecule has 3 rings (SSSR count). The van der Waals surface area contributed by atoms with E-state index in [1.807, 2.05) is 23.0 Å². The third-order valence-electron chi connectivity index (χ3n) is 3.51. The molecule has 0 aliphatic rings. The number of hydrogen-bond donors (Lipinski definition) is 1. The average molecular weight is 277 g/mol. The first-order chi connectivity index (χ1) is 10.3. The van der Waals surface area contributed by atoms with Crippen LogP contribution >= 0.6 is 0 Å². The molecule has 0 aliphatic carbocycles. The summed E-state index contributed by atoms with van der Waals surface area (Å²) in [7, 11) is 0. The molecule has 0 radical (unpaired) electrons. The van der Waals surface area contributed by atoms with Crippen LogP contribution in [-0.2, 0) is 13.1 Å². The molecule has 0 unspecified atom stereocenters. The lowest BCUT2D eigenvalue weighted by Gasteiger charge is -2.11. The maximum atomic E-state index is 4.31. The Morgan fingerprint density at radius 3 is 2.52 bits per heavy atom. The van der Waals surface area contributed by atoms with Gasteiger partial charge in [-0.3, -0.25) is 0 Å². The first-order valence-electron chi connectivity index (χ1n) is 7.17. The number of rotatable bonds is 5. The highest BCUT2D eigenvalue weighted by Crippen LogP contribution is 2.13. The van der Waals surface area contributed by atoms with Crippen LogP contribution < -0.4 is 5.32 Å². The van der Waals surface area contributed by atoms with Gasteiger partial charge in [-0.1, -0.05) is 48.0 Å². The summed E-state index contributed by atoms with van der Waals surface area (Å²) < 4.78 is 1.91. The fraction of sp³-hybridized carbons (Fsp3) is 0.167. The number of aryl methyl sites for hydroxylation is 1. The van der Waals surface area contributed by atoms with E-state index in [0.717, 1.165) is 18.8 Å². The molecule has 0 bridgehead atoms. The van der Waals surface area contributed by atoms with Crippen molar-refractivity contribution in [3.63, 3.8) is 0 Å². The number of nitrogens with one attached hydrogen (secondary N) is 1. The number of aromatic nitrogens is 2. The van der Waals surface area contributed by atoms with Crippen molar-refractivity contribution in [2.75, 3.05) is 0 Å². The van der Waals surface area contributed by atoms with Crippen LogP contribution in [0.3, 0.4) is 0 Å². The van der Waals surface area contributed by atoms with Gasteiger partial charge in [0.2, 0.25) is 0 Å². The van der Waals surface area contributed by atoms with E-state index < -0.39 is 0 Å². The Bertz CT molecular complexity index is 685. The van der Waals surface area contributed by atoms with Crippen LogP contribution in [0, 0.1) is 6.92 Å². The summed E-state index contributed by atoms with van der Waals surface area (Å²) in [6.45, 7) is 3.80. The van der Waals surface area contributed by atoms with E-state index in [1.165, 1.54) is 16.7 Å². The molecule has 21 heavy (non-hydrogen) atoms. The first kappa shape index (κ1) is 13.6. The predicted octanol–water partition coefficient (Wildman–Crippen LogP) is 3.47. The summed E-state index contributed by atoms with van der Waals surface area (Å²) in [4.78, 5) is 0. The van der Waals surface area contributed by atoms with Crippen molar-refractivity contribution in [2.24, 2.45) is 0 Å². The summed E-state index contributed by atoms with van der Waals surface area (Å²) in [6, 6.07) is 18.9. The minimum absolute atomic E-state index is 0.823. The quantitative estimate of drug-likeness (QED) is 0.774. The predicted molar refractivity (Wildman–Crippen MR) is 85.3 cm³/mol. The molecule has 106 valence electrons. The molecule has 1 aromatic heterocycles. The second-order valence-corrected chi connectivity index (χ2v) is 5.17. The van der Waals surface area contributed by atoms with Crippen LogP contribution in [0.25, 0.3) is 5.69 Å². The highest BCUT2D eigenvalue weighted by Gasteiger charge is 2.03. The van der Waals surface area contributed by atoms with E-state index in [4.69, 9.17) is 0 Å². The largest absolute Gasteiger partial charge is 0.309 e. The number of benzene rings is 2. The van der Waals surface area contributed by atoms with Crippen molar-refractivity contribution >= 4 is 0 Å². The number of hydrogen-bond acceptors (Lipinski definition) is 2. The van der Waals surface area contributed by atoms with Crippen molar-refractivity contribution in [3.8, 4) is 5.69 Å². The highest BCUT2D eigenvalue weighted by molar-refractivity contribution is 5.40. The van der Waals surface area contributed by atoms with Crippen molar-refractivity contribution in [3.05, 3.63) is 83.7 Å². The molecule has 0 spiro atoms. The lowest BCUT2D eigenvalue weighted by molar-refractivity contribution is 0.686. The van der Waals surface area contributed by atoms with Gasteiger partial charge in [-0.25, -0.2) is 4.68 Å². The summed E-state index contributed by atoms with van der Waals surface area (Å²) >= 11 is 0. The Labute approximate surface area is 125 Å². The number of nitrogens with zero attached hydrogens (tertiary/aromatic N) is 2. The Morgan fingerprint density at radius 2 is 1.76 bits per heavy atom. The zero-order valence-electron chi connectivity index (χ0n) is 12.2. The normalized spacial score (nSPS) is 10.7. The maximum Gasteiger partial charge on any atom is 0.0690 e. The third kappa shape index (κ3) is 3.38. The summed E-state index contributed by atoms with van der Waals surface area (Å²) in [5, 5.41) is 7.81. The zero-order valence-corrected chi connectivity index (χ0v) is 12.2. The van der Waals surface area contributed by atoms with Crippen LogP contribution in [0.2, 0.25) is 0 Å². The van der Waals surface area contributed by atoms with E-state index in [-0.39, 0.29) is 0 Å². The van der Waals surface area contributed by atoms with Crippen LogP contribution in [0.1, 0.15) is 16.7 Å². The van der Waals surface area contributed by atoms with E-state index in [9.17, 15) is 0 Å². The Morgan fingerprint density at radius 1 is 0.952 bits per heavy atom. The Kier molecular flexibility index (Phi) is 4.12. The van der Waals surface area contributed by atoms with Crippen molar-refractivity contribution < 1.29 is 0 Å². The standard InChI is InChI=1S/C18H19N3/c1-15-7-9-16(10-8-15)13-19-14-17-5-2-3-6-18(17)21-12-4-11-20-21/h2-12,19H,13-14H2,1H3. The lowest BCUT2D eigenvalue weighted by atomic mass is 10.1. The third-order valence-corrected chi connectivity index (χ3v) is 3.51. The smallest absolute Gasteiger partial charge is 0.0690 e. The zero-order chi connectivity index (χ0) is 14.5. The van der Waals surface area contributed by atoms with Gasteiger partial charge in [-0.2, -0.15) is 5.10 Å². The maximum absolute atomic E-state index is 4.31. The second kappa shape index (κ2) is 6.37. The van der Waals surface area contributed by atoms with Gasteiger partial charge >= 0.3 is 0 Å². The summed E-state index contributed by atoms with van der Waals surface area (Å²) in [6.07, 6.45) is 3.77. The molecule has 0 saturated heterocycles. The molecular formula is C18H19N3. The molecule has 3 nitrogen and oxygen atoms in total. The summed E-state index contributed by atoms with van der Waals surface area (Å²) in [5.41, 5.74) is 4.96. The van der Waals surface area contributed by atoms with Crippen LogP contribution in [0.5, 0.6) is 0 Å². The van der Waals surface area contributed by atoms with Crippen LogP contribution in [0.4, 0.5) is 0 Å². The first-order valence-corrected chi connectivity index (χ1v) is 7.17. The van der Waals surface area contributed by atoms with Crippen LogP contribution in [0.15, 0.2) is 67.0 Å². The molecule has 1 heterocycles. The second-order valence-electron chi connectivity index (χ2n) is 5.17. The van der Waals surface area contributed by atoms with Gasteiger partial charge in [0.05, 0.1) is 5.69 Å². The molecule has 3 aromatic rings. The van der Waals surface area contributed by atoms with E-state index in [1.54, 1.807) is 6.20 Å². The summed E-state index contributed by atoms with van der Waals surface area (Å²) in [5.74, 6) is 0. The molecule has 0 fully saturated rings. The molecule has 2 aromatic carbocycles.